The van der Waals surface area contributed by atoms with Gasteiger partial charge in [0.1, 0.15) is 24.5 Å². The summed E-state index contributed by atoms with van der Waals surface area (Å²) in [6, 6.07) is -0.258. The summed E-state index contributed by atoms with van der Waals surface area (Å²) in [7, 11) is -4.54. The molecular weight excluding hydrogens is 564 g/mol. The van der Waals surface area contributed by atoms with Gasteiger partial charge in [-0.1, -0.05) is 31.2 Å². The number of ether oxygens (including phenoxy) is 2. The van der Waals surface area contributed by atoms with E-state index in [1.807, 2.05) is 11.1 Å². The van der Waals surface area contributed by atoms with Crippen LogP contribution in [-0.2, 0) is 27.9 Å². The number of H-pyrrole nitrogens is 1. The summed E-state index contributed by atoms with van der Waals surface area (Å²) in [6.07, 6.45) is 7.48. The number of nitrogens with zero attached hydrogens (tertiary/aromatic N) is 1. The van der Waals surface area contributed by atoms with Crippen LogP contribution in [0.3, 0.4) is 0 Å². The molecule has 0 radical (unpaired) electrons. The van der Waals surface area contributed by atoms with E-state index < -0.39 is 61.4 Å². The van der Waals surface area contributed by atoms with Crippen molar-refractivity contribution in [1.29, 1.82) is 0 Å². The van der Waals surface area contributed by atoms with E-state index in [1.54, 1.807) is 6.08 Å². The smallest absolute Gasteiger partial charge is 0.459 e. The van der Waals surface area contributed by atoms with Crippen molar-refractivity contribution in [3.05, 3.63) is 69.7 Å². The molecule has 15 heteroatoms. The molecule has 1 aromatic heterocycles. The van der Waals surface area contributed by atoms with Crippen LogP contribution in [0.1, 0.15) is 58.1 Å². The molecule has 0 spiro atoms. The average Bonchev–Trinajstić information content (AvgIpc) is 3.15. The number of halogens is 1. The van der Waals surface area contributed by atoms with E-state index in [9.17, 15) is 29.2 Å². The first-order valence-electron chi connectivity index (χ1n) is 13.4. The van der Waals surface area contributed by atoms with Gasteiger partial charge in [-0.05, 0) is 45.1 Å². The first-order valence-corrected chi connectivity index (χ1v) is 14.9. The molecule has 41 heavy (non-hydrogen) atoms. The number of esters is 1. The lowest BCUT2D eigenvalue weighted by Gasteiger charge is -2.30. The van der Waals surface area contributed by atoms with Gasteiger partial charge in [-0.2, -0.15) is 5.09 Å². The van der Waals surface area contributed by atoms with E-state index in [0.29, 0.717) is 30.3 Å². The zero-order valence-corrected chi connectivity index (χ0v) is 23.5. The number of carbonyl (C=O) groups excluding carboxylic acids is 1. The molecule has 226 valence electrons. The summed E-state index contributed by atoms with van der Waals surface area (Å²) in [5, 5.41) is 24.3. The maximum atomic E-state index is 16.1. The number of aromatic amines is 1. The lowest BCUT2D eigenvalue weighted by molar-refractivity contribution is -0.204. The maximum Gasteiger partial charge on any atom is 0.459 e. The second-order valence-electron chi connectivity index (χ2n) is 10.3. The fourth-order valence-corrected chi connectivity index (χ4v) is 6.42. The third-order valence-corrected chi connectivity index (χ3v) is 8.81. The predicted octanol–water partition coefficient (Wildman–Crippen LogP) is 2.24. The fourth-order valence-electron chi connectivity index (χ4n) is 4.85. The van der Waals surface area contributed by atoms with Crippen LogP contribution in [0.5, 0.6) is 0 Å². The molecule has 4 N–H and O–H groups in total. The molecule has 2 heterocycles. The van der Waals surface area contributed by atoms with Gasteiger partial charge >= 0.3 is 19.4 Å². The Balaban J connectivity index is 1.54. The number of hydrogen-bond donors (Lipinski definition) is 4. The quantitative estimate of drug-likeness (QED) is 0.167. The van der Waals surface area contributed by atoms with Crippen LogP contribution in [0, 0.1) is 0 Å². The molecule has 0 amide bonds. The minimum absolute atomic E-state index is 0.234. The van der Waals surface area contributed by atoms with Crippen LogP contribution in [0.15, 0.2) is 58.5 Å². The Kier molecular flexibility index (Phi) is 9.52. The van der Waals surface area contributed by atoms with E-state index >= 15 is 4.39 Å². The van der Waals surface area contributed by atoms with Crippen molar-refractivity contribution in [1.82, 2.24) is 14.6 Å². The number of rotatable bonds is 11. The van der Waals surface area contributed by atoms with Gasteiger partial charge in [0.05, 0.1) is 0 Å². The normalized spacial score (nSPS) is 30.7. The highest BCUT2D eigenvalue weighted by molar-refractivity contribution is 7.51. The first-order chi connectivity index (χ1) is 19.4. The molecule has 1 saturated carbocycles. The van der Waals surface area contributed by atoms with Crippen molar-refractivity contribution < 1.29 is 42.5 Å². The third kappa shape index (κ3) is 6.96. The third-order valence-electron chi connectivity index (χ3n) is 7.16. The van der Waals surface area contributed by atoms with Gasteiger partial charge < -0.3 is 24.2 Å². The van der Waals surface area contributed by atoms with E-state index in [4.69, 9.17) is 18.5 Å². The molecule has 2 aliphatic carbocycles. The Morgan fingerprint density at radius 2 is 2.12 bits per heavy atom. The Hall–Kier alpha value is -2.87. The monoisotopic (exact) mass is 599 g/mol. The van der Waals surface area contributed by atoms with Gasteiger partial charge in [0.15, 0.2) is 17.9 Å². The van der Waals surface area contributed by atoms with Crippen LogP contribution in [0.4, 0.5) is 4.39 Å². The Morgan fingerprint density at radius 1 is 1.39 bits per heavy atom. The minimum Gasteiger partial charge on any atom is -0.461 e. The van der Waals surface area contributed by atoms with Gasteiger partial charge in [-0.25, -0.2) is 13.8 Å². The maximum absolute atomic E-state index is 16.1. The molecule has 13 nitrogen and oxygen atoms in total. The lowest BCUT2D eigenvalue weighted by atomic mass is 9.93. The molecule has 1 aliphatic heterocycles. The van der Waals surface area contributed by atoms with Crippen LogP contribution < -0.4 is 16.3 Å². The number of hydrogen-bond acceptors (Lipinski definition) is 10. The molecule has 2 fully saturated rings. The number of alkyl halides is 1. The van der Waals surface area contributed by atoms with Gasteiger partial charge in [0.2, 0.25) is 0 Å². The molecule has 0 aromatic carbocycles. The molecular formula is C26H35FN3O10P. The molecule has 6 atom stereocenters. The van der Waals surface area contributed by atoms with Crippen molar-refractivity contribution >= 4 is 13.7 Å². The van der Waals surface area contributed by atoms with Crippen molar-refractivity contribution in [2.75, 3.05) is 6.61 Å². The Labute approximate surface area is 235 Å². The minimum atomic E-state index is -4.54. The van der Waals surface area contributed by atoms with Crippen molar-refractivity contribution in [3.8, 4) is 0 Å². The first kappa shape index (κ1) is 31.1. The molecule has 1 aromatic rings. The zero-order chi connectivity index (χ0) is 29.8. The standard InChI is InChI=1S/C26H35FN3O10P/c1-3-25(35)22(33)26(27,39-23(25)30-15-14-20(31)28-24(30)34)16-37-41(36,40-19-12-8-5-9-13-19)29-17(2)21(32)38-18-10-6-4-7-11-18/h3,5,8,12,14-15,17-18,22-23,33,35H,1,4,6-7,9-11,13,16H2,2H3,(H,29,36)(H,28,31,34)/t17-,22-,23+,25+,26+,41?/m0/s1. The number of aliphatic hydroxyl groups is 2. The van der Waals surface area contributed by atoms with Gasteiger partial charge in [0.25, 0.3) is 11.4 Å². The van der Waals surface area contributed by atoms with Crippen LogP contribution in [0.2, 0.25) is 0 Å². The number of nitrogens with one attached hydrogen (secondary N) is 2. The van der Waals surface area contributed by atoms with Crippen molar-refractivity contribution in [2.24, 2.45) is 0 Å². The average molecular weight is 600 g/mol. The number of carbonyl (C=O) groups is 1. The second kappa shape index (κ2) is 12.6. The molecule has 4 rings (SSSR count). The van der Waals surface area contributed by atoms with E-state index in [0.717, 1.165) is 37.6 Å². The summed E-state index contributed by atoms with van der Waals surface area (Å²) < 4.78 is 52.4. The summed E-state index contributed by atoms with van der Waals surface area (Å²) >= 11 is 0. The predicted molar refractivity (Wildman–Crippen MR) is 143 cm³/mol. The summed E-state index contributed by atoms with van der Waals surface area (Å²) in [4.78, 5) is 38.5. The summed E-state index contributed by atoms with van der Waals surface area (Å²) in [5.74, 6) is -3.72. The van der Waals surface area contributed by atoms with Gasteiger partial charge in [-0.15, -0.1) is 0 Å². The summed E-state index contributed by atoms with van der Waals surface area (Å²) in [6.45, 7) is 3.53. The molecule has 1 unspecified atom stereocenters. The fraction of sp³-hybridized carbons (Fsp3) is 0.577. The highest BCUT2D eigenvalue weighted by Crippen LogP contribution is 2.52. The van der Waals surface area contributed by atoms with Crippen LogP contribution in [0.25, 0.3) is 0 Å². The molecule has 1 saturated heterocycles. The Morgan fingerprint density at radius 3 is 2.76 bits per heavy atom. The molecule has 3 aliphatic rings. The second-order valence-corrected chi connectivity index (χ2v) is 12.0. The molecule has 0 bridgehead atoms. The highest BCUT2D eigenvalue weighted by Gasteiger charge is 2.65. The largest absolute Gasteiger partial charge is 0.461 e. The van der Waals surface area contributed by atoms with Crippen LogP contribution in [-0.4, -0.2) is 62.0 Å². The number of aliphatic hydroxyl groups excluding tert-OH is 1. The van der Waals surface area contributed by atoms with Crippen LogP contribution >= 0.6 is 7.75 Å². The number of allylic oxidation sites excluding steroid dienone is 4. The topological polar surface area (TPSA) is 178 Å². The zero-order valence-electron chi connectivity index (χ0n) is 22.6. The van der Waals surface area contributed by atoms with Crippen molar-refractivity contribution in [2.45, 2.75) is 87.8 Å². The Bertz CT molecular complexity index is 1360. The highest BCUT2D eigenvalue weighted by atomic mass is 31.2. The summed E-state index contributed by atoms with van der Waals surface area (Å²) in [5.41, 5.74) is -4.39. The van der Waals surface area contributed by atoms with Gasteiger partial charge in [0, 0.05) is 18.7 Å². The number of aromatic nitrogens is 2. The van der Waals surface area contributed by atoms with Gasteiger partial charge in [-0.3, -0.25) is 23.7 Å². The van der Waals surface area contributed by atoms with E-state index in [2.05, 4.69) is 11.7 Å². The van der Waals surface area contributed by atoms with E-state index in [-0.39, 0.29) is 11.9 Å². The SMILES string of the molecule is C=C[C@]1(O)[C@H](n2ccc(=O)[nH]c2=O)O[C@](F)(COP(=O)(N[C@@H](C)C(=O)OC2CCCCC2)OC2=CC=CCC2)[C@H]1O. The van der Waals surface area contributed by atoms with E-state index in [1.165, 1.54) is 13.0 Å². The lowest BCUT2D eigenvalue weighted by Crippen LogP contribution is -2.50. The van der Waals surface area contributed by atoms with Crippen molar-refractivity contribution in [3.63, 3.8) is 0 Å².